The van der Waals surface area contributed by atoms with Gasteiger partial charge in [-0.1, -0.05) is 42.5 Å². The van der Waals surface area contributed by atoms with Gasteiger partial charge in [0.25, 0.3) is 0 Å². The molecule has 26 heavy (non-hydrogen) atoms. The van der Waals surface area contributed by atoms with Gasteiger partial charge in [0.1, 0.15) is 11.4 Å². The Morgan fingerprint density at radius 1 is 0.923 bits per heavy atom. The van der Waals surface area contributed by atoms with Crippen molar-refractivity contribution in [2.45, 2.75) is 6.18 Å². The summed E-state index contributed by atoms with van der Waals surface area (Å²) in [5, 5.41) is 0. The van der Waals surface area contributed by atoms with Gasteiger partial charge in [0.05, 0.1) is 20.3 Å². The smallest absolute Gasteiger partial charge is 0.431 e. The first-order valence-corrected chi connectivity index (χ1v) is 8.34. The lowest BCUT2D eigenvalue weighted by atomic mass is 9.94. The van der Waals surface area contributed by atoms with Gasteiger partial charge >= 0.3 is 6.18 Å². The van der Waals surface area contributed by atoms with Crippen LogP contribution in [0, 0.1) is 0 Å². The van der Waals surface area contributed by atoms with Crippen LogP contribution in [0.4, 0.5) is 13.2 Å². The second-order valence-electron chi connectivity index (χ2n) is 5.92. The van der Waals surface area contributed by atoms with Gasteiger partial charge in [0.2, 0.25) is 0 Å². The summed E-state index contributed by atoms with van der Waals surface area (Å²) >= 11 is 0. The molecule has 2 aromatic rings. The average Bonchev–Trinajstić information content (AvgIpc) is 2.66. The lowest BCUT2D eigenvalue weighted by Crippen LogP contribution is -2.41. The number of benzene rings is 2. The van der Waals surface area contributed by atoms with E-state index in [1.54, 1.807) is 54.6 Å². The second-order valence-corrected chi connectivity index (χ2v) is 5.92. The maximum Gasteiger partial charge on any atom is 0.431 e. The summed E-state index contributed by atoms with van der Waals surface area (Å²) in [7, 11) is 1.53. The quantitative estimate of drug-likeness (QED) is 0.806. The van der Waals surface area contributed by atoms with Crippen molar-refractivity contribution in [2.24, 2.45) is 0 Å². The largest absolute Gasteiger partial charge is 0.497 e. The Bertz CT molecular complexity index is 749. The SMILES string of the molecule is COc1ccc(/C(=C(\N2CCOCC2)C(F)(F)F)c2ccccc2)cc1. The predicted molar refractivity (Wildman–Crippen MR) is 93.9 cm³/mol. The van der Waals surface area contributed by atoms with Gasteiger partial charge in [-0.25, -0.2) is 0 Å². The second kappa shape index (κ2) is 7.83. The van der Waals surface area contributed by atoms with E-state index in [1.807, 2.05) is 0 Å². The third-order valence-electron chi connectivity index (χ3n) is 4.27. The van der Waals surface area contributed by atoms with Gasteiger partial charge in [-0.2, -0.15) is 13.2 Å². The Balaban J connectivity index is 2.22. The molecule has 3 nitrogen and oxygen atoms in total. The van der Waals surface area contributed by atoms with Crippen LogP contribution in [0.3, 0.4) is 0 Å². The molecule has 1 aliphatic rings. The van der Waals surface area contributed by atoms with Crippen LogP contribution in [0.5, 0.6) is 5.75 Å². The van der Waals surface area contributed by atoms with Crippen molar-refractivity contribution >= 4 is 5.57 Å². The molecule has 0 aliphatic carbocycles. The van der Waals surface area contributed by atoms with E-state index in [0.29, 0.717) is 16.9 Å². The molecule has 0 saturated carbocycles. The highest BCUT2D eigenvalue weighted by Crippen LogP contribution is 2.39. The van der Waals surface area contributed by atoms with Crippen LogP contribution >= 0.6 is 0 Å². The van der Waals surface area contributed by atoms with Gasteiger partial charge in [0, 0.05) is 18.7 Å². The van der Waals surface area contributed by atoms with Crippen LogP contribution in [-0.2, 0) is 4.74 Å². The number of rotatable bonds is 4. The van der Waals surface area contributed by atoms with E-state index in [0.717, 1.165) is 0 Å². The topological polar surface area (TPSA) is 21.7 Å². The summed E-state index contributed by atoms with van der Waals surface area (Å²) in [5.41, 5.74) is 0.562. The highest BCUT2D eigenvalue weighted by molar-refractivity contribution is 5.82. The minimum Gasteiger partial charge on any atom is -0.497 e. The number of morpholine rings is 1. The number of hydrogen-bond donors (Lipinski definition) is 0. The maximum absolute atomic E-state index is 14.1. The molecule has 1 aliphatic heterocycles. The van der Waals surface area contributed by atoms with E-state index >= 15 is 0 Å². The van der Waals surface area contributed by atoms with E-state index < -0.39 is 11.9 Å². The fourth-order valence-electron chi connectivity index (χ4n) is 3.07. The highest BCUT2D eigenvalue weighted by Gasteiger charge is 2.41. The summed E-state index contributed by atoms with van der Waals surface area (Å²) < 4.78 is 52.7. The van der Waals surface area contributed by atoms with Crippen molar-refractivity contribution in [1.29, 1.82) is 0 Å². The number of ether oxygens (including phenoxy) is 2. The third kappa shape index (κ3) is 4.02. The van der Waals surface area contributed by atoms with Crippen molar-refractivity contribution < 1.29 is 22.6 Å². The molecule has 1 saturated heterocycles. The highest BCUT2D eigenvalue weighted by atomic mass is 19.4. The molecule has 0 spiro atoms. The van der Waals surface area contributed by atoms with Crippen LogP contribution < -0.4 is 4.74 Å². The number of halogens is 3. The first kappa shape index (κ1) is 18.3. The van der Waals surface area contributed by atoms with Crippen LogP contribution in [0.15, 0.2) is 60.3 Å². The predicted octanol–water partition coefficient (Wildman–Crippen LogP) is 4.35. The van der Waals surface area contributed by atoms with Crippen molar-refractivity contribution in [3.05, 3.63) is 71.4 Å². The fraction of sp³-hybridized carbons (Fsp3) is 0.300. The molecule has 0 atom stereocenters. The number of nitrogens with zero attached hydrogens (tertiary/aromatic N) is 1. The fourth-order valence-corrected chi connectivity index (χ4v) is 3.07. The van der Waals surface area contributed by atoms with E-state index in [-0.39, 0.29) is 31.9 Å². The Morgan fingerprint density at radius 3 is 2.04 bits per heavy atom. The normalized spacial score (nSPS) is 16.2. The minimum absolute atomic E-state index is 0.169. The molecule has 0 amide bonds. The van der Waals surface area contributed by atoms with Crippen molar-refractivity contribution in [2.75, 3.05) is 33.4 Å². The first-order chi connectivity index (χ1) is 12.5. The Morgan fingerprint density at radius 2 is 1.50 bits per heavy atom. The van der Waals surface area contributed by atoms with E-state index in [1.165, 1.54) is 12.0 Å². The van der Waals surface area contributed by atoms with Gasteiger partial charge in [-0.15, -0.1) is 0 Å². The van der Waals surface area contributed by atoms with Gasteiger partial charge in [-0.05, 0) is 23.3 Å². The molecule has 0 radical (unpaired) electrons. The zero-order chi connectivity index (χ0) is 18.6. The van der Waals surface area contributed by atoms with Gasteiger partial charge in [-0.3, -0.25) is 0 Å². The van der Waals surface area contributed by atoms with Crippen LogP contribution in [-0.4, -0.2) is 44.5 Å². The summed E-state index contributed by atoms with van der Waals surface area (Å²) in [6.07, 6.45) is -4.48. The minimum atomic E-state index is -4.48. The van der Waals surface area contributed by atoms with E-state index in [2.05, 4.69) is 0 Å². The molecule has 1 heterocycles. The number of hydrogen-bond acceptors (Lipinski definition) is 3. The van der Waals surface area contributed by atoms with Crippen molar-refractivity contribution in [3.8, 4) is 5.75 Å². The van der Waals surface area contributed by atoms with Crippen LogP contribution in [0.25, 0.3) is 5.57 Å². The standard InChI is InChI=1S/C20H20F3NO2/c1-25-17-9-7-16(8-10-17)18(15-5-3-2-4-6-15)19(20(21,22)23)24-11-13-26-14-12-24/h2-10H,11-14H2,1H3/b19-18-. The molecular formula is C20H20F3NO2. The molecule has 6 heteroatoms. The lowest BCUT2D eigenvalue weighted by molar-refractivity contribution is -0.117. The summed E-state index contributed by atoms with van der Waals surface area (Å²) in [4.78, 5) is 1.37. The van der Waals surface area contributed by atoms with Gasteiger partial charge in [0.15, 0.2) is 0 Å². The molecule has 138 valence electrons. The van der Waals surface area contributed by atoms with Gasteiger partial charge < -0.3 is 14.4 Å². The lowest BCUT2D eigenvalue weighted by Gasteiger charge is -2.34. The maximum atomic E-state index is 14.1. The molecular weight excluding hydrogens is 343 g/mol. The van der Waals surface area contributed by atoms with Crippen molar-refractivity contribution in [1.82, 2.24) is 4.90 Å². The third-order valence-corrected chi connectivity index (χ3v) is 4.27. The number of methoxy groups -OCH3 is 1. The van der Waals surface area contributed by atoms with Crippen LogP contribution in [0.1, 0.15) is 11.1 Å². The van der Waals surface area contributed by atoms with E-state index in [9.17, 15) is 13.2 Å². The summed E-state index contributed by atoms with van der Waals surface area (Å²) in [6.45, 7) is 0.983. The molecule has 0 N–H and O–H groups in total. The zero-order valence-electron chi connectivity index (χ0n) is 14.4. The molecule has 0 unspecified atom stereocenters. The van der Waals surface area contributed by atoms with Crippen LogP contribution in [0.2, 0.25) is 0 Å². The summed E-state index contributed by atoms with van der Waals surface area (Å²) in [5.74, 6) is 0.598. The number of alkyl halides is 3. The zero-order valence-corrected chi connectivity index (χ0v) is 14.4. The summed E-state index contributed by atoms with van der Waals surface area (Å²) in [6, 6.07) is 15.3. The molecule has 2 aromatic carbocycles. The van der Waals surface area contributed by atoms with E-state index in [4.69, 9.17) is 9.47 Å². The molecule has 3 rings (SSSR count). The molecule has 0 bridgehead atoms. The molecule has 0 aromatic heterocycles. The number of allylic oxidation sites excluding steroid dienone is 1. The Kier molecular flexibility index (Phi) is 5.52. The Hall–Kier alpha value is -2.47. The monoisotopic (exact) mass is 363 g/mol. The van der Waals surface area contributed by atoms with Crippen molar-refractivity contribution in [3.63, 3.8) is 0 Å². The Labute approximate surface area is 150 Å². The molecule has 1 fully saturated rings. The first-order valence-electron chi connectivity index (χ1n) is 8.34. The average molecular weight is 363 g/mol.